The van der Waals surface area contributed by atoms with Gasteiger partial charge < -0.3 is 0 Å². The van der Waals surface area contributed by atoms with E-state index in [0.717, 1.165) is 9.87 Å². The minimum atomic E-state index is -3.95. The number of carbonyl (C=O) groups excluding carboxylic acids is 1. The van der Waals surface area contributed by atoms with Gasteiger partial charge in [0, 0.05) is 10.6 Å². The zero-order chi connectivity index (χ0) is 21.6. The first kappa shape index (κ1) is 21.5. The SMILES string of the molecule is Cc1cccc(N(CC(=O)NN=Cc2ccccc2Cl)S(=O)(=O)c2ccccc2)c1. The molecule has 0 unspecified atom stereocenters. The number of amides is 1. The minimum absolute atomic E-state index is 0.0962. The van der Waals surface area contributed by atoms with Crippen LogP contribution < -0.4 is 9.73 Å². The molecule has 154 valence electrons. The summed E-state index contributed by atoms with van der Waals surface area (Å²) in [5.74, 6) is -0.584. The minimum Gasteiger partial charge on any atom is -0.271 e. The van der Waals surface area contributed by atoms with Crippen molar-refractivity contribution >= 4 is 39.4 Å². The summed E-state index contributed by atoms with van der Waals surface area (Å²) < 4.78 is 27.5. The van der Waals surface area contributed by atoms with Gasteiger partial charge in [-0.15, -0.1) is 0 Å². The van der Waals surface area contributed by atoms with Crippen molar-refractivity contribution < 1.29 is 13.2 Å². The maximum absolute atomic E-state index is 13.2. The van der Waals surface area contributed by atoms with Gasteiger partial charge in [0.25, 0.3) is 15.9 Å². The van der Waals surface area contributed by atoms with Crippen LogP contribution in [0.1, 0.15) is 11.1 Å². The summed E-state index contributed by atoms with van der Waals surface area (Å²) in [5, 5.41) is 4.38. The highest BCUT2D eigenvalue weighted by atomic mass is 35.5. The predicted octanol–water partition coefficient (Wildman–Crippen LogP) is 3.99. The fourth-order valence-corrected chi connectivity index (χ4v) is 4.36. The number of sulfonamides is 1. The first-order valence-corrected chi connectivity index (χ1v) is 10.9. The molecular formula is C22H20ClN3O3S. The maximum Gasteiger partial charge on any atom is 0.264 e. The van der Waals surface area contributed by atoms with E-state index in [-0.39, 0.29) is 4.90 Å². The van der Waals surface area contributed by atoms with Crippen molar-refractivity contribution in [2.75, 3.05) is 10.8 Å². The Morgan fingerprint density at radius 3 is 2.43 bits per heavy atom. The van der Waals surface area contributed by atoms with Gasteiger partial charge in [-0.05, 0) is 42.8 Å². The molecule has 1 N–H and O–H groups in total. The molecule has 3 aromatic rings. The number of rotatable bonds is 7. The van der Waals surface area contributed by atoms with Crippen LogP contribution in [0.3, 0.4) is 0 Å². The number of carbonyl (C=O) groups is 1. The summed E-state index contributed by atoms with van der Waals surface area (Å²) in [4.78, 5) is 12.6. The number of halogens is 1. The Balaban J connectivity index is 1.84. The molecule has 0 heterocycles. The van der Waals surface area contributed by atoms with Gasteiger partial charge in [-0.3, -0.25) is 9.10 Å². The Kier molecular flexibility index (Phi) is 6.87. The zero-order valence-corrected chi connectivity index (χ0v) is 17.8. The van der Waals surface area contributed by atoms with Gasteiger partial charge in [0.1, 0.15) is 6.54 Å². The van der Waals surface area contributed by atoms with E-state index in [0.29, 0.717) is 16.3 Å². The molecule has 0 saturated heterocycles. The molecule has 0 fully saturated rings. The summed E-state index contributed by atoms with van der Waals surface area (Å²) in [6, 6.07) is 22.0. The molecule has 0 atom stereocenters. The molecule has 0 aromatic heterocycles. The normalized spacial score (nSPS) is 11.4. The summed E-state index contributed by atoms with van der Waals surface area (Å²) >= 11 is 6.05. The first-order valence-electron chi connectivity index (χ1n) is 9.09. The van der Waals surface area contributed by atoms with E-state index >= 15 is 0 Å². The summed E-state index contributed by atoms with van der Waals surface area (Å²) in [5.41, 5.74) is 4.26. The van der Waals surface area contributed by atoms with E-state index in [1.54, 1.807) is 60.7 Å². The van der Waals surface area contributed by atoms with Crippen molar-refractivity contribution in [1.29, 1.82) is 0 Å². The molecule has 8 heteroatoms. The van der Waals surface area contributed by atoms with Crippen LogP contribution in [-0.2, 0) is 14.8 Å². The third-order valence-electron chi connectivity index (χ3n) is 4.21. The molecule has 0 aliphatic heterocycles. The number of anilines is 1. The largest absolute Gasteiger partial charge is 0.271 e. The number of aryl methyl sites for hydroxylation is 1. The summed E-state index contributed by atoms with van der Waals surface area (Å²) in [6.07, 6.45) is 1.41. The predicted molar refractivity (Wildman–Crippen MR) is 119 cm³/mol. The van der Waals surface area contributed by atoms with Gasteiger partial charge in [0.05, 0.1) is 16.8 Å². The highest BCUT2D eigenvalue weighted by molar-refractivity contribution is 7.92. The van der Waals surface area contributed by atoms with Crippen molar-refractivity contribution in [2.45, 2.75) is 11.8 Å². The average Bonchev–Trinajstić information content (AvgIpc) is 2.74. The van der Waals surface area contributed by atoms with Crippen LogP contribution in [0.4, 0.5) is 5.69 Å². The van der Waals surface area contributed by atoms with Crippen LogP contribution in [0.25, 0.3) is 0 Å². The molecule has 0 aliphatic carbocycles. The number of benzene rings is 3. The lowest BCUT2D eigenvalue weighted by Gasteiger charge is -2.24. The maximum atomic E-state index is 13.2. The van der Waals surface area contributed by atoms with Crippen LogP contribution in [0.2, 0.25) is 5.02 Å². The van der Waals surface area contributed by atoms with Crippen molar-refractivity contribution in [3.05, 3.63) is 95.0 Å². The highest BCUT2D eigenvalue weighted by Crippen LogP contribution is 2.24. The Bertz CT molecular complexity index is 1170. The number of hydrogen-bond donors (Lipinski definition) is 1. The van der Waals surface area contributed by atoms with Crippen LogP contribution in [-0.4, -0.2) is 27.1 Å². The van der Waals surface area contributed by atoms with Crippen LogP contribution >= 0.6 is 11.6 Å². The van der Waals surface area contributed by atoms with Crippen molar-refractivity contribution in [1.82, 2.24) is 5.43 Å². The molecule has 3 rings (SSSR count). The molecule has 0 spiro atoms. The quantitative estimate of drug-likeness (QED) is 0.444. The highest BCUT2D eigenvalue weighted by Gasteiger charge is 2.27. The lowest BCUT2D eigenvalue weighted by Crippen LogP contribution is -2.39. The van der Waals surface area contributed by atoms with E-state index < -0.39 is 22.5 Å². The Labute approximate surface area is 180 Å². The van der Waals surface area contributed by atoms with E-state index in [1.165, 1.54) is 18.3 Å². The second kappa shape index (κ2) is 9.56. The Morgan fingerprint density at radius 2 is 1.73 bits per heavy atom. The molecule has 1 amide bonds. The van der Waals surface area contributed by atoms with E-state index in [2.05, 4.69) is 10.5 Å². The van der Waals surface area contributed by atoms with Gasteiger partial charge in [0.15, 0.2) is 0 Å². The van der Waals surface area contributed by atoms with Gasteiger partial charge in [-0.2, -0.15) is 5.10 Å². The smallest absolute Gasteiger partial charge is 0.264 e. The lowest BCUT2D eigenvalue weighted by molar-refractivity contribution is -0.119. The molecule has 30 heavy (non-hydrogen) atoms. The second-order valence-corrected chi connectivity index (χ2v) is 8.75. The molecule has 6 nitrogen and oxygen atoms in total. The standard InChI is InChI=1S/C22H20ClN3O3S/c1-17-8-7-10-19(14-17)26(30(28,29)20-11-3-2-4-12-20)16-22(27)25-24-15-18-9-5-6-13-21(18)23/h2-15H,16H2,1H3,(H,25,27). The molecule has 3 aromatic carbocycles. The van der Waals surface area contributed by atoms with Gasteiger partial charge in [-0.25, -0.2) is 13.8 Å². The third-order valence-corrected chi connectivity index (χ3v) is 6.34. The van der Waals surface area contributed by atoms with E-state index in [1.807, 2.05) is 13.0 Å². The molecule has 0 aliphatic rings. The van der Waals surface area contributed by atoms with Crippen molar-refractivity contribution in [3.63, 3.8) is 0 Å². The fraction of sp³-hybridized carbons (Fsp3) is 0.0909. The zero-order valence-electron chi connectivity index (χ0n) is 16.2. The third kappa shape index (κ3) is 5.25. The summed E-state index contributed by atoms with van der Waals surface area (Å²) in [7, 11) is -3.95. The molecule has 0 radical (unpaired) electrons. The Morgan fingerprint density at radius 1 is 1.03 bits per heavy atom. The van der Waals surface area contributed by atoms with Crippen molar-refractivity contribution in [2.24, 2.45) is 5.10 Å². The van der Waals surface area contributed by atoms with Crippen LogP contribution in [0.15, 0.2) is 88.9 Å². The lowest BCUT2D eigenvalue weighted by atomic mass is 10.2. The average molecular weight is 442 g/mol. The second-order valence-electron chi connectivity index (χ2n) is 6.48. The number of nitrogens with one attached hydrogen (secondary N) is 1. The van der Waals surface area contributed by atoms with E-state index in [4.69, 9.17) is 11.6 Å². The summed E-state index contributed by atoms with van der Waals surface area (Å²) in [6.45, 7) is 1.42. The molecule has 0 saturated carbocycles. The molecular weight excluding hydrogens is 422 g/mol. The fourth-order valence-electron chi connectivity index (χ4n) is 2.74. The number of hydrazone groups is 1. The first-order chi connectivity index (χ1) is 14.4. The van der Waals surface area contributed by atoms with Crippen LogP contribution in [0.5, 0.6) is 0 Å². The topological polar surface area (TPSA) is 78.8 Å². The monoisotopic (exact) mass is 441 g/mol. The molecule has 0 bridgehead atoms. The van der Waals surface area contributed by atoms with Crippen LogP contribution in [0, 0.1) is 6.92 Å². The Hall–Kier alpha value is -3.16. The van der Waals surface area contributed by atoms with Gasteiger partial charge >= 0.3 is 0 Å². The number of nitrogens with zero attached hydrogens (tertiary/aromatic N) is 2. The van der Waals surface area contributed by atoms with E-state index in [9.17, 15) is 13.2 Å². The van der Waals surface area contributed by atoms with Crippen molar-refractivity contribution in [3.8, 4) is 0 Å². The van der Waals surface area contributed by atoms with Gasteiger partial charge in [-0.1, -0.05) is 60.1 Å². The van der Waals surface area contributed by atoms with Gasteiger partial charge in [0.2, 0.25) is 0 Å². The number of hydrogen-bond acceptors (Lipinski definition) is 4.